The van der Waals surface area contributed by atoms with Crippen molar-refractivity contribution in [2.75, 3.05) is 11.9 Å². The largest absolute Gasteiger partial charge is 0.351 e. The fourth-order valence-corrected chi connectivity index (χ4v) is 3.05. The molecule has 0 atom stereocenters. The normalized spacial score (nSPS) is 10.6. The van der Waals surface area contributed by atoms with Crippen LogP contribution in [-0.2, 0) is 4.79 Å². The molecule has 8 heteroatoms. The SMILES string of the molecule is O=C(CCNC(=O)c1ccc(F)cc1F)Nc1nc2ccccc2s1. The molecule has 0 saturated heterocycles. The molecule has 3 rings (SSSR count). The number of amides is 2. The van der Waals surface area contributed by atoms with E-state index < -0.39 is 17.5 Å². The van der Waals surface area contributed by atoms with Gasteiger partial charge in [0, 0.05) is 19.0 Å². The van der Waals surface area contributed by atoms with Crippen LogP contribution >= 0.6 is 11.3 Å². The van der Waals surface area contributed by atoms with Gasteiger partial charge in [-0.15, -0.1) is 0 Å². The van der Waals surface area contributed by atoms with E-state index in [-0.39, 0.29) is 24.4 Å². The summed E-state index contributed by atoms with van der Waals surface area (Å²) < 4.78 is 27.3. The number of halogens is 2. The van der Waals surface area contributed by atoms with Crippen molar-refractivity contribution in [2.45, 2.75) is 6.42 Å². The van der Waals surface area contributed by atoms with Crippen LogP contribution in [0, 0.1) is 11.6 Å². The van der Waals surface area contributed by atoms with Gasteiger partial charge in [-0.25, -0.2) is 13.8 Å². The molecular formula is C17H13F2N3O2S. The lowest BCUT2D eigenvalue weighted by Crippen LogP contribution is -2.28. The summed E-state index contributed by atoms with van der Waals surface area (Å²) in [5, 5.41) is 5.55. The van der Waals surface area contributed by atoms with Crippen molar-refractivity contribution in [1.29, 1.82) is 0 Å². The lowest BCUT2D eigenvalue weighted by molar-refractivity contribution is -0.116. The van der Waals surface area contributed by atoms with Crippen LogP contribution in [0.3, 0.4) is 0 Å². The number of aromatic nitrogens is 1. The number of hydrogen-bond donors (Lipinski definition) is 2. The number of benzene rings is 2. The molecule has 0 radical (unpaired) electrons. The fraction of sp³-hybridized carbons (Fsp3) is 0.118. The van der Waals surface area contributed by atoms with E-state index in [1.54, 1.807) is 0 Å². The summed E-state index contributed by atoms with van der Waals surface area (Å²) in [5.41, 5.74) is 0.524. The van der Waals surface area contributed by atoms with E-state index >= 15 is 0 Å². The standard InChI is InChI=1S/C17H13F2N3O2S/c18-10-5-6-11(12(19)9-10)16(24)20-8-7-15(23)22-17-21-13-3-1-2-4-14(13)25-17/h1-6,9H,7-8H2,(H,20,24)(H,21,22,23). The van der Waals surface area contributed by atoms with Crippen LogP contribution in [0.15, 0.2) is 42.5 Å². The third kappa shape index (κ3) is 4.16. The predicted molar refractivity (Wildman–Crippen MR) is 91.6 cm³/mol. The third-order valence-electron chi connectivity index (χ3n) is 3.35. The van der Waals surface area contributed by atoms with Crippen LogP contribution in [0.4, 0.5) is 13.9 Å². The molecule has 0 bridgehead atoms. The number of anilines is 1. The second-order valence-corrected chi connectivity index (χ2v) is 6.20. The summed E-state index contributed by atoms with van der Waals surface area (Å²) >= 11 is 1.35. The molecule has 2 aromatic carbocycles. The van der Waals surface area contributed by atoms with E-state index in [0.717, 1.165) is 22.3 Å². The van der Waals surface area contributed by atoms with Crippen molar-refractivity contribution >= 4 is 38.5 Å². The van der Waals surface area contributed by atoms with Gasteiger partial charge in [-0.3, -0.25) is 9.59 Å². The number of thiazole rings is 1. The maximum Gasteiger partial charge on any atom is 0.254 e. The van der Waals surface area contributed by atoms with E-state index in [2.05, 4.69) is 15.6 Å². The number of nitrogens with one attached hydrogen (secondary N) is 2. The number of hydrogen-bond acceptors (Lipinski definition) is 4. The predicted octanol–water partition coefficient (Wildman–Crippen LogP) is 3.33. The molecule has 0 fully saturated rings. The van der Waals surface area contributed by atoms with E-state index in [1.807, 2.05) is 24.3 Å². The topological polar surface area (TPSA) is 71.1 Å². The Bertz CT molecular complexity index is 910. The summed E-state index contributed by atoms with van der Waals surface area (Å²) in [6, 6.07) is 10.2. The van der Waals surface area contributed by atoms with Crippen molar-refractivity contribution in [3.05, 3.63) is 59.7 Å². The van der Waals surface area contributed by atoms with E-state index in [1.165, 1.54) is 11.3 Å². The highest BCUT2D eigenvalue weighted by Gasteiger charge is 2.13. The average molecular weight is 361 g/mol. The van der Waals surface area contributed by atoms with Gasteiger partial charge in [-0.05, 0) is 24.3 Å². The summed E-state index contributed by atoms with van der Waals surface area (Å²) in [6.45, 7) is 0.0202. The Labute approximate surface area is 145 Å². The first kappa shape index (κ1) is 17.0. The fourth-order valence-electron chi connectivity index (χ4n) is 2.17. The molecule has 2 N–H and O–H groups in total. The maximum atomic E-state index is 13.5. The van der Waals surface area contributed by atoms with Gasteiger partial charge in [0.15, 0.2) is 5.13 Å². The van der Waals surface area contributed by atoms with Crippen molar-refractivity contribution in [3.63, 3.8) is 0 Å². The van der Waals surface area contributed by atoms with Crippen molar-refractivity contribution in [2.24, 2.45) is 0 Å². The Morgan fingerprint density at radius 2 is 1.92 bits per heavy atom. The summed E-state index contributed by atoms with van der Waals surface area (Å²) in [4.78, 5) is 28.0. The van der Waals surface area contributed by atoms with Crippen LogP contribution < -0.4 is 10.6 Å². The van der Waals surface area contributed by atoms with Crippen LogP contribution in [0.1, 0.15) is 16.8 Å². The highest BCUT2D eigenvalue weighted by atomic mass is 32.1. The van der Waals surface area contributed by atoms with Gasteiger partial charge in [-0.1, -0.05) is 23.5 Å². The van der Waals surface area contributed by atoms with Gasteiger partial charge in [0.25, 0.3) is 5.91 Å². The second kappa shape index (κ2) is 7.35. The first-order valence-corrected chi connectivity index (χ1v) is 8.23. The van der Waals surface area contributed by atoms with E-state index in [0.29, 0.717) is 11.2 Å². The van der Waals surface area contributed by atoms with Crippen LogP contribution in [0.25, 0.3) is 10.2 Å². The zero-order chi connectivity index (χ0) is 17.8. The molecule has 5 nitrogen and oxygen atoms in total. The quantitative estimate of drug-likeness (QED) is 0.732. The Morgan fingerprint density at radius 1 is 1.12 bits per heavy atom. The Morgan fingerprint density at radius 3 is 2.68 bits per heavy atom. The van der Waals surface area contributed by atoms with Crippen molar-refractivity contribution in [3.8, 4) is 0 Å². The first-order chi connectivity index (χ1) is 12.0. The van der Waals surface area contributed by atoms with Gasteiger partial charge in [0.2, 0.25) is 5.91 Å². The van der Waals surface area contributed by atoms with E-state index in [4.69, 9.17) is 0 Å². The molecule has 1 aromatic heterocycles. The summed E-state index contributed by atoms with van der Waals surface area (Å²) in [7, 11) is 0. The number of rotatable bonds is 5. The molecule has 0 spiro atoms. The summed E-state index contributed by atoms with van der Waals surface area (Å²) in [5.74, 6) is -2.73. The van der Waals surface area contributed by atoms with Crippen molar-refractivity contribution < 1.29 is 18.4 Å². The average Bonchev–Trinajstić information content (AvgIpc) is 2.96. The van der Waals surface area contributed by atoms with Gasteiger partial charge >= 0.3 is 0 Å². The minimum absolute atomic E-state index is 0.00444. The Kier molecular flexibility index (Phi) is 4.99. The molecule has 3 aromatic rings. The van der Waals surface area contributed by atoms with Crippen LogP contribution in [0.5, 0.6) is 0 Å². The zero-order valence-corrected chi connectivity index (χ0v) is 13.7. The molecule has 0 aliphatic heterocycles. The van der Waals surface area contributed by atoms with E-state index in [9.17, 15) is 18.4 Å². The summed E-state index contributed by atoms with van der Waals surface area (Å²) in [6.07, 6.45) is 0.00444. The molecular weight excluding hydrogens is 348 g/mol. The number of carbonyl (C=O) groups excluding carboxylic acids is 2. The van der Waals surface area contributed by atoms with Gasteiger partial charge in [0.05, 0.1) is 15.8 Å². The molecule has 0 saturated carbocycles. The van der Waals surface area contributed by atoms with Crippen molar-refractivity contribution in [1.82, 2.24) is 10.3 Å². The lowest BCUT2D eigenvalue weighted by Gasteiger charge is -2.06. The smallest absolute Gasteiger partial charge is 0.254 e. The molecule has 128 valence electrons. The second-order valence-electron chi connectivity index (χ2n) is 5.16. The zero-order valence-electron chi connectivity index (χ0n) is 12.9. The van der Waals surface area contributed by atoms with Gasteiger partial charge in [0.1, 0.15) is 11.6 Å². The molecule has 1 heterocycles. The van der Waals surface area contributed by atoms with Crippen LogP contribution in [-0.4, -0.2) is 23.3 Å². The Balaban J connectivity index is 1.51. The van der Waals surface area contributed by atoms with Gasteiger partial charge in [-0.2, -0.15) is 0 Å². The molecule has 0 aliphatic rings. The highest BCUT2D eigenvalue weighted by molar-refractivity contribution is 7.22. The highest BCUT2D eigenvalue weighted by Crippen LogP contribution is 2.25. The first-order valence-electron chi connectivity index (χ1n) is 7.41. The third-order valence-corrected chi connectivity index (χ3v) is 4.31. The number of fused-ring (bicyclic) bond motifs is 1. The minimum atomic E-state index is -0.948. The lowest BCUT2D eigenvalue weighted by atomic mass is 10.2. The molecule has 0 aliphatic carbocycles. The number of nitrogens with zero attached hydrogens (tertiary/aromatic N) is 1. The molecule has 25 heavy (non-hydrogen) atoms. The minimum Gasteiger partial charge on any atom is -0.351 e. The molecule has 2 amide bonds. The number of carbonyl (C=O) groups is 2. The van der Waals surface area contributed by atoms with Crippen LogP contribution in [0.2, 0.25) is 0 Å². The van der Waals surface area contributed by atoms with Gasteiger partial charge < -0.3 is 10.6 Å². The molecule has 0 unspecified atom stereocenters. The monoisotopic (exact) mass is 361 g/mol. The Hall–Kier alpha value is -2.87. The number of para-hydroxylation sites is 1. The maximum absolute atomic E-state index is 13.5.